The Morgan fingerprint density at radius 3 is 2.24 bits per heavy atom. The van der Waals surface area contributed by atoms with Gasteiger partial charge in [0.25, 0.3) is 0 Å². The largest absolute Gasteiger partial charge is 0.369 e. The summed E-state index contributed by atoms with van der Waals surface area (Å²) in [6.07, 6.45) is 3.96. The van der Waals surface area contributed by atoms with Gasteiger partial charge in [-0.05, 0) is 77.5 Å². The van der Waals surface area contributed by atoms with Gasteiger partial charge in [-0.2, -0.15) is 0 Å². The fraction of sp³-hybridized carbons (Fsp3) is 0.188. The van der Waals surface area contributed by atoms with Gasteiger partial charge in [-0.25, -0.2) is 9.97 Å². The monoisotopic (exact) mass is 519 g/mol. The average Bonchev–Trinajstić information content (AvgIpc) is 2.96. The van der Waals surface area contributed by atoms with E-state index in [1.54, 1.807) is 0 Å². The SMILES string of the molecule is CCN1CCN(c2ccc(Nc3nc(/C=C\c4ccc(Cl)cc4)nc4cc5ccccc5cc34)cc2)CC1. The van der Waals surface area contributed by atoms with Crippen molar-refractivity contribution in [3.8, 4) is 0 Å². The molecule has 1 aromatic heterocycles. The van der Waals surface area contributed by atoms with Crippen molar-refractivity contribution in [2.24, 2.45) is 0 Å². The lowest BCUT2D eigenvalue weighted by molar-refractivity contribution is 0.271. The van der Waals surface area contributed by atoms with E-state index in [4.69, 9.17) is 21.6 Å². The molecule has 1 saturated heterocycles. The summed E-state index contributed by atoms with van der Waals surface area (Å²) < 4.78 is 0. The van der Waals surface area contributed by atoms with Crippen LogP contribution in [-0.4, -0.2) is 47.6 Å². The first-order valence-electron chi connectivity index (χ1n) is 13.1. The predicted molar refractivity (Wildman–Crippen MR) is 161 cm³/mol. The normalized spacial score (nSPS) is 14.5. The summed E-state index contributed by atoms with van der Waals surface area (Å²) in [5, 5.41) is 7.61. The highest BCUT2D eigenvalue weighted by Crippen LogP contribution is 2.30. The highest BCUT2D eigenvalue weighted by molar-refractivity contribution is 6.30. The van der Waals surface area contributed by atoms with Gasteiger partial charge in [0.2, 0.25) is 0 Å². The molecule has 1 aliphatic rings. The Morgan fingerprint density at radius 1 is 0.816 bits per heavy atom. The average molecular weight is 520 g/mol. The van der Waals surface area contributed by atoms with Crippen LogP contribution in [-0.2, 0) is 0 Å². The summed E-state index contributed by atoms with van der Waals surface area (Å²) in [5.41, 5.74) is 4.21. The summed E-state index contributed by atoms with van der Waals surface area (Å²) in [5.74, 6) is 1.44. The molecule has 38 heavy (non-hydrogen) atoms. The Kier molecular flexibility index (Phi) is 6.95. The molecule has 0 amide bonds. The second kappa shape index (κ2) is 10.8. The van der Waals surface area contributed by atoms with Crippen LogP contribution in [0.15, 0.2) is 84.9 Å². The summed E-state index contributed by atoms with van der Waals surface area (Å²) in [6.45, 7) is 7.71. The third-order valence-electron chi connectivity index (χ3n) is 7.19. The number of nitrogens with one attached hydrogen (secondary N) is 1. The number of likely N-dealkylation sites (N-methyl/N-ethyl adjacent to an activating group) is 1. The van der Waals surface area contributed by atoms with Crippen LogP contribution < -0.4 is 10.2 Å². The number of aromatic nitrogens is 2. The minimum atomic E-state index is 0.649. The molecule has 1 aliphatic heterocycles. The number of benzene rings is 4. The van der Waals surface area contributed by atoms with Gasteiger partial charge < -0.3 is 15.1 Å². The molecule has 1 fully saturated rings. The molecule has 0 unspecified atom stereocenters. The van der Waals surface area contributed by atoms with E-state index in [-0.39, 0.29) is 0 Å². The molecule has 6 rings (SSSR count). The van der Waals surface area contributed by atoms with Gasteiger partial charge in [-0.1, -0.05) is 61.0 Å². The van der Waals surface area contributed by atoms with Crippen molar-refractivity contribution >= 4 is 62.6 Å². The minimum absolute atomic E-state index is 0.649. The molecule has 4 aromatic carbocycles. The lowest BCUT2D eigenvalue weighted by Crippen LogP contribution is -2.46. The molecule has 0 bridgehead atoms. The van der Waals surface area contributed by atoms with Gasteiger partial charge in [0.15, 0.2) is 5.82 Å². The number of fused-ring (bicyclic) bond motifs is 2. The van der Waals surface area contributed by atoms with Crippen LogP contribution in [0.3, 0.4) is 0 Å². The molecule has 0 spiro atoms. The van der Waals surface area contributed by atoms with E-state index in [1.807, 2.05) is 36.4 Å². The second-order valence-corrected chi connectivity index (χ2v) is 10.1. The van der Waals surface area contributed by atoms with Gasteiger partial charge in [0.05, 0.1) is 5.52 Å². The number of anilines is 3. The summed E-state index contributed by atoms with van der Waals surface area (Å²) >= 11 is 6.04. The third-order valence-corrected chi connectivity index (χ3v) is 7.44. The van der Waals surface area contributed by atoms with E-state index in [1.165, 1.54) is 5.69 Å². The molecule has 2 heterocycles. The van der Waals surface area contributed by atoms with Gasteiger partial charge in [-0.15, -0.1) is 0 Å². The Balaban J connectivity index is 1.32. The molecule has 5 nitrogen and oxygen atoms in total. The Labute approximate surface area is 228 Å². The van der Waals surface area contributed by atoms with Gasteiger partial charge in [-0.3, -0.25) is 0 Å². The fourth-order valence-corrected chi connectivity index (χ4v) is 5.09. The highest BCUT2D eigenvalue weighted by atomic mass is 35.5. The van der Waals surface area contributed by atoms with Crippen LogP contribution in [0.1, 0.15) is 18.3 Å². The predicted octanol–water partition coefficient (Wildman–Crippen LogP) is 7.49. The minimum Gasteiger partial charge on any atom is -0.369 e. The Bertz CT molecular complexity index is 1590. The van der Waals surface area contributed by atoms with Crippen LogP contribution in [0.25, 0.3) is 33.8 Å². The quantitative estimate of drug-likeness (QED) is 0.235. The van der Waals surface area contributed by atoms with E-state index >= 15 is 0 Å². The molecule has 1 N–H and O–H groups in total. The molecular weight excluding hydrogens is 490 g/mol. The molecule has 190 valence electrons. The Morgan fingerprint density at radius 2 is 1.53 bits per heavy atom. The van der Waals surface area contributed by atoms with E-state index < -0.39 is 0 Å². The number of halogens is 1. The van der Waals surface area contributed by atoms with Gasteiger partial charge >= 0.3 is 0 Å². The smallest absolute Gasteiger partial charge is 0.154 e. The maximum absolute atomic E-state index is 6.04. The zero-order chi connectivity index (χ0) is 25.9. The van der Waals surface area contributed by atoms with Crippen LogP contribution >= 0.6 is 11.6 Å². The van der Waals surface area contributed by atoms with E-state index in [0.717, 1.165) is 76.5 Å². The summed E-state index contributed by atoms with van der Waals surface area (Å²) in [7, 11) is 0. The van der Waals surface area contributed by atoms with E-state index in [2.05, 4.69) is 82.7 Å². The lowest BCUT2D eigenvalue weighted by Gasteiger charge is -2.35. The number of rotatable bonds is 6. The van der Waals surface area contributed by atoms with Crippen molar-refractivity contribution in [3.05, 3.63) is 101 Å². The van der Waals surface area contributed by atoms with Crippen molar-refractivity contribution in [2.45, 2.75) is 6.92 Å². The maximum atomic E-state index is 6.04. The van der Waals surface area contributed by atoms with Crippen LogP contribution in [0.5, 0.6) is 0 Å². The molecule has 0 radical (unpaired) electrons. The number of piperazine rings is 1. The van der Waals surface area contributed by atoms with Crippen LogP contribution in [0, 0.1) is 0 Å². The van der Waals surface area contributed by atoms with Crippen LogP contribution in [0.2, 0.25) is 5.02 Å². The lowest BCUT2D eigenvalue weighted by atomic mass is 10.1. The van der Waals surface area contributed by atoms with Crippen LogP contribution in [0.4, 0.5) is 17.2 Å². The van der Waals surface area contributed by atoms with Gasteiger partial charge in [0.1, 0.15) is 5.82 Å². The highest BCUT2D eigenvalue weighted by Gasteiger charge is 2.16. The molecule has 6 heteroatoms. The topological polar surface area (TPSA) is 44.3 Å². The maximum Gasteiger partial charge on any atom is 0.154 e. The van der Waals surface area contributed by atoms with Crippen molar-refractivity contribution in [1.82, 2.24) is 14.9 Å². The first-order valence-corrected chi connectivity index (χ1v) is 13.5. The molecule has 0 aliphatic carbocycles. The second-order valence-electron chi connectivity index (χ2n) is 9.62. The molecule has 5 aromatic rings. The van der Waals surface area contributed by atoms with Crippen molar-refractivity contribution in [3.63, 3.8) is 0 Å². The van der Waals surface area contributed by atoms with E-state index in [9.17, 15) is 0 Å². The standard InChI is InChI=1S/C32H30ClN5/c1-2-37-17-19-38(20-18-37)28-14-12-27(13-15-28)34-32-29-21-24-5-3-4-6-25(24)22-30(29)35-31(36-32)16-9-23-7-10-26(33)11-8-23/h3-16,21-22H,2,17-20H2,1H3,(H,34,35,36)/b16-9-. The molecule has 0 saturated carbocycles. The van der Waals surface area contributed by atoms with E-state index in [0.29, 0.717) is 5.82 Å². The zero-order valence-corrected chi connectivity index (χ0v) is 22.2. The molecular formula is C32H30ClN5. The first-order chi connectivity index (χ1) is 18.6. The van der Waals surface area contributed by atoms with Gasteiger partial charge in [0, 0.05) is 48.0 Å². The molecule has 0 atom stereocenters. The first kappa shape index (κ1) is 24.4. The van der Waals surface area contributed by atoms with Crippen molar-refractivity contribution in [1.29, 1.82) is 0 Å². The number of hydrogen-bond acceptors (Lipinski definition) is 5. The fourth-order valence-electron chi connectivity index (χ4n) is 4.96. The Hall–Kier alpha value is -3.93. The third kappa shape index (κ3) is 5.35. The number of nitrogens with zero attached hydrogens (tertiary/aromatic N) is 4. The zero-order valence-electron chi connectivity index (χ0n) is 21.4. The van der Waals surface area contributed by atoms with Crippen molar-refractivity contribution < 1.29 is 0 Å². The summed E-state index contributed by atoms with van der Waals surface area (Å²) in [4.78, 5) is 14.7. The van der Waals surface area contributed by atoms with Crippen molar-refractivity contribution in [2.75, 3.05) is 42.9 Å². The summed E-state index contributed by atoms with van der Waals surface area (Å²) in [6, 6.07) is 29.1. The number of hydrogen-bond donors (Lipinski definition) is 1.